The number of methoxy groups -OCH3 is 3. The van der Waals surface area contributed by atoms with Gasteiger partial charge in [0, 0.05) is 11.1 Å². The lowest BCUT2D eigenvalue weighted by Gasteiger charge is -2.18. The number of ether oxygens (including phenoxy) is 4. The molecule has 0 bridgehead atoms. The molecule has 0 aliphatic carbocycles. The second-order valence-electron chi connectivity index (χ2n) is 7.20. The molecule has 0 fully saturated rings. The number of esters is 1. The lowest BCUT2D eigenvalue weighted by molar-refractivity contribution is -0.148. The Morgan fingerprint density at radius 2 is 1.71 bits per heavy atom. The van der Waals surface area contributed by atoms with Gasteiger partial charge in [-0.2, -0.15) is 11.8 Å². The molecule has 0 saturated heterocycles. The third kappa shape index (κ3) is 6.66. The van der Waals surface area contributed by atoms with E-state index in [9.17, 15) is 9.59 Å². The Bertz CT molecular complexity index is 1110. The molecule has 3 aromatic rings. The van der Waals surface area contributed by atoms with Crippen LogP contribution in [-0.4, -0.2) is 61.5 Å². The lowest BCUT2D eigenvalue weighted by Crippen LogP contribution is -2.42. The molecule has 1 atom stereocenters. The first-order valence-corrected chi connectivity index (χ1v) is 12.0. The zero-order valence-corrected chi connectivity index (χ0v) is 20.7. The van der Waals surface area contributed by atoms with E-state index in [-0.39, 0.29) is 18.1 Å². The maximum Gasteiger partial charge on any atom is 0.329 e. The highest BCUT2D eigenvalue weighted by Crippen LogP contribution is 2.38. The van der Waals surface area contributed by atoms with Gasteiger partial charge in [0.1, 0.15) is 6.04 Å². The summed E-state index contributed by atoms with van der Waals surface area (Å²) in [5.41, 5.74) is 0.999. The number of benzene rings is 2. The van der Waals surface area contributed by atoms with Crippen LogP contribution in [-0.2, 0) is 16.1 Å². The lowest BCUT2D eigenvalue weighted by atomic mass is 10.1. The minimum atomic E-state index is -0.884. The molecule has 35 heavy (non-hydrogen) atoms. The molecule has 0 aliphatic heterocycles. The van der Waals surface area contributed by atoms with Gasteiger partial charge in [-0.3, -0.25) is 4.79 Å². The average molecular weight is 502 g/mol. The Labute approximate surface area is 207 Å². The van der Waals surface area contributed by atoms with Crippen LogP contribution in [0.1, 0.15) is 22.7 Å². The summed E-state index contributed by atoms with van der Waals surface area (Å²) in [6.07, 6.45) is 2.28. The van der Waals surface area contributed by atoms with Crippen molar-refractivity contribution < 1.29 is 33.0 Å². The zero-order valence-electron chi connectivity index (χ0n) is 19.9. The quantitative estimate of drug-likeness (QED) is 0.370. The van der Waals surface area contributed by atoms with E-state index in [1.807, 2.05) is 36.6 Å². The van der Waals surface area contributed by atoms with E-state index in [1.165, 1.54) is 33.5 Å². The van der Waals surface area contributed by atoms with Crippen molar-refractivity contribution >= 4 is 23.6 Å². The predicted octanol–water partition coefficient (Wildman–Crippen LogP) is 3.36. The number of amides is 1. The number of thioether (sulfide) groups is 1. The molecule has 1 heterocycles. The van der Waals surface area contributed by atoms with Crippen LogP contribution in [0.4, 0.5) is 0 Å². The molecule has 0 aliphatic rings. The van der Waals surface area contributed by atoms with Crippen LogP contribution in [0, 0.1) is 0 Å². The monoisotopic (exact) mass is 501 g/mol. The summed E-state index contributed by atoms with van der Waals surface area (Å²) in [7, 11) is 4.39. The van der Waals surface area contributed by atoms with Crippen molar-refractivity contribution in [2.24, 2.45) is 0 Å². The number of hydrogen-bond donors (Lipinski definition) is 1. The molecule has 10 nitrogen and oxygen atoms in total. The molecule has 1 amide bonds. The average Bonchev–Trinajstić information content (AvgIpc) is 3.38. The minimum absolute atomic E-state index is 0.150. The van der Waals surface area contributed by atoms with Gasteiger partial charge in [-0.05, 0) is 42.7 Å². The van der Waals surface area contributed by atoms with Crippen LogP contribution >= 0.6 is 11.8 Å². The molecule has 0 radical (unpaired) electrons. The van der Waals surface area contributed by atoms with E-state index in [2.05, 4.69) is 15.5 Å². The predicted molar refractivity (Wildman–Crippen MR) is 130 cm³/mol. The molecule has 0 saturated carbocycles. The van der Waals surface area contributed by atoms with Crippen molar-refractivity contribution in [3.8, 4) is 28.7 Å². The summed E-state index contributed by atoms with van der Waals surface area (Å²) in [5.74, 6) is 1.02. The smallest absolute Gasteiger partial charge is 0.329 e. The van der Waals surface area contributed by atoms with Gasteiger partial charge in [0.15, 0.2) is 18.1 Å². The standard InChI is InChI=1S/C24H27N3O7S/c1-30-18-12-16(13-19(31-2)21(18)32-3)22(28)25-17(10-11-35-4)24(29)33-14-20-26-27-23(34-20)15-8-6-5-7-9-15/h5-9,12-13,17H,10-11,14H2,1-4H3,(H,25,28). The van der Waals surface area contributed by atoms with Gasteiger partial charge in [-0.15, -0.1) is 10.2 Å². The van der Waals surface area contributed by atoms with E-state index in [0.29, 0.717) is 35.3 Å². The maximum absolute atomic E-state index is 13.0. The van der Waals surface area contributed by atoms with Crippen LogP contribution in [0.25, 0.3) is 11.5 Å². The second-order valence-corrected chi connectivity index (χ2v) is 8.18. The summed E-state index contributed by atoms with van der Waals surface area (Å²) >= 11 is 1.55. The van der Waals surface area contributed by atoms with Crippen molar-refractivity contribution in [3.63, 3.8) is 0 Å². The van der Waals surface area contributed by atoms with Crippen molar-refractivity contribution in [1.29, 1.82) is 0 Å². The summed E-state index contributed by atoms with van der Waals surface area (Å²) in [4.78, 5) is 25.8. The molecular formula is C24H27N3O7S. The van der Waals surface area contributed by atoms with Gasteiger partial charge in [-0.25, -0.2) is 4.79 Å². The molecule has 1 unspecified atom stereocenters. The SMILES string of the molecule is COc1cc(C(=O)NC(CCSC)C(=O)OCc2nnc(-c3ccccc3)o2)cc(OC)c1OC. The molecule has 1 aromatic heterocycles. The number of hydrogen-bond acceptors (Lipinski definition) is 10. The highest BCUT2D eigenvalue weighted by molar-refractivity contribution is 7.98. The fraction of sp³-hybridized carbons (Fsp3) is 0.333. The third-order valence-electron chi connectivity index (χ3n) is 4.95. The Balaban J connectivity index is 1.69. The summed E-state index contributed by atoms with van der Waals surface area (Å²) in [5, 5.41) is 10.6. The first kappa shape index (κ1) is 25.9. The molecule has 186 valence electrons. The topological polar surface area (TPSA) is 122 Å². The highest BCUT2D eigenvalue weighted by atomic mass is 32.2. The fourth-order valence-corrected chi connectivity index (χ4v) is 3.65. The molecule has 0 spiro atoms. The van der Waals surface area contributed by atoms with Crippen molar-refractivity contribution in [2.75, 3.05) is 33.3 Å². The number of nitrogens with one attached hydrogen (secondary N) is 1. The molecule has 1 N–H and O–H groups in total. The number of nitrogens with zero attached hydrogens (tertiary/aromatic N) is 2. The fourth-order valence-electron chi connectivity index (χ4n) is 3.18. The summed E-state index contributed by atoms with van der Waals surface area (Å²) < 4.78 is 26.8. The van der Waals surface area contributed by atoms with Gasteiger partial charge in [0.2, 0.25) is 11.6 Å². The van der Waals surface area contributed by atoms with Crippen LogP contribution in [0.3, 0.4) is 0 Å². The number of rotatable bonds is 12. The van der Waals surface area contributed by atoms with E-state index in [4.69, 9.17) is 23.4 Å². The number of carbonyl (C=O) groups is 2. The summed E-state index contributed by atoms with van der Waals surface area (Å²) in [6.45, 7) is -0.214. The first-order chi connectivity index (χ1) is 17.0. The largest absolute Gasteiger partial charge is 0.493 e. The number of aromatic nitrogens is 2. The molecule has 3 rings (SSSR count). The maximum atomic E-state index is 13.0. The van der Waals surface area contributed by atoms with E-state index >= 15 is 0 Å². The van der Waals surface area contributed by atoms with E-state index in [1.54, 1.807) is 11.8 Å². The Morgan fingerprint density at radius 3 is 2.31 bits per heavy atom. The summed E-state index contributed by atoms with van der Waals surface area (Å²) in [6, 6.07) is 11.4. The minimum Gasteiger partial charge on any atom is -0.493 e. The van der Waals surface area contributed by atoms with Gasteiger partial charge in [0.05, 0.1) is 21.3 Å². The Hall–Kier alpha value is -3.73. The van der Waals surface area contributed by atoms with Gasteiger partial charge >= 0.3 is 5.97 Å². The Kier molecular flexibility index (Phi) is 9.36. The highest BCUT2D eigenvalue weighted by Gasteiger charge is 2.25. The van der Waals surface area contributed by atoms with Crippen molar-refractivity contribution in [1.82, 2.24) is 15.5 Å². The normalized spacial score (nSPS) is 11.4. The van der Waals surface area contributed by atoms with Crippen LogP contribution < -0.4 is 19.5 Å². The third-order valence-corrected chi connectivity index (χ3v) is 5.60. The van der Waals surface area contributed by atoms with Gasteiger partial charge in [0.25, 0.3) is 11.8 Å². The first-order valence-electron chi connectivity index (χ1n) is 10.6. The van der Waals surface area contributed by atoms with E-state index < -0.39 is 17.9 Å². The molecular weight excluding hydrogens is 474 g/mol. The van der Waals surface area contributed by atoms with Crippen LogP contribution in [0.2, 0.25) is 0 Å². The zero-order chi connectivity index (χ0) is 25.2. The molecule has 11 heteroatoms. The van der Waals surface area contributed by atoms with Crippen LogP contribution in [0.15, 0.2) is 46.9 Å². The van der Waals surface area contributed by atoms with Crippen molar-refractivity contribution in [2.45, 2.75) is 19.1 Å². The van der Waals surface area contributed by atoms with Crippen LogP contribution in [0.5, 0.6) is 17.2 Å². The number of carbonyl (C=O) groups excluding carboxylic acids is 2. The van der Waals surface area contributed by atoms with Gasteiger partial charge < -0.3 is 28.7 Å². The Morgan fingerprint density at radius 1 is 1.03 bits per heavy atom. The molecule has 2 aromatic carbocycles. The van der Waals surface area contributed by atoms with E-state index in [0.717, 1.165) is 5.56 Å². The van der Waals surface area contributed by atoms with Gasteiger partial charge in [-0.1, -0.05) is 18.2 Å². The second kappa shape index (κ2) is 12.7. The van der Waals surface area contributed by atoms with Crippen molar-refractivity contribution in [3.05, 3.63) is 53.9 Å².